The van der Waals surface area contributed by atoms with Crippen LogP contribution in [0.5, 0.6) is 0 Å². The maximum Gasteiger partial charge on any atom is 0.144 e. The summed E-state index contributed by atoms with van der Waals surface area (Å²) in [4.78, 5) is 12.1. The van der Waals surface area contributed by atoms with Crippen molar-refractivity contribution in [2.24, 2.45) is 5.41 Å². The normalized spacial score (nSPS) is 11.8. The van der Waals surface area contributed by atoms with Gasteiger partial charge in [0.05, 0.1) is 5.69 Å². The minimum Gasteiger partial charge on any atom is -0.299 e. The highest BCUT2D eigenvalue weighted by atomic mass is 16.1. The van der Waals surface area contributed by atoms with Crippen molar-refractivity contribution in [2.45, 2.75) is 54.0 Å². The first-order chi connectivity index (χ1) is 7.40. The second-order valence-electron chi connectivity index (χ2n) is 4.93. The molecule has 90 valence electrons. The van der Waals surface area contributed by atoms with Crippen molar-refractivity contribution in [3.63, 3.8) is 0 Å². The number of carbonyl (C=O) groups excluding carboxylic acids is 1. The number of carbonyl (C=O) groups is 1. The van der Waals surface area contributed by atoms with Gasteiger partial charge in [-0.25, -0.2) is 0 Å². The van der Waals surface area contributed by atoms with Gasteiger partial charge in [-0.15, -0.1) is 0 Å². The molecule has 0 fully saturated rings. The predicted molar refractivity (Wildman–Crippen MR) is 65.4 cm³/mol. The highest BCUT2D eigenvalue weighted by Crippen LogP contribution is 2.23. The van der Waals surface area contributed by atoms with Crippen LogP contribution in [0.3, 0.4) is 0 Å². The molecule has 0 saturated carbocycles. The summed E-state index contributed by atoms with van der Waals surface area (Å²) >= 11 is 0. The lowest BCUT2D eigenvalue weighted by Gasteiger charge is -2.20. The second kappa shape index (κ2) is 4.81. The number of nitrogens with zero attached hydrogens (tertiary/aromatic N) is 2. The van der Waals surface area contributed by atoms with Gasteiger partial charge in [-0.2, -0.15) is 5.10 Å². The fourth-order valence-corrected chi connectivity index (χ4v) is 1.62. The van der Waals surface area contributed by atoms with Crippen LogP contribution in [-0.2, 0) is 17.8 Å². The number of hydrogen-bond donors (Lipinski definition) is 0. The summed E-state index contributed by atoms with van der Waals surface area (Å²) in [6.07, 6.45) is 1.38. The molecule has 0 atom stereocenters. The zero-order chi connectivity index (χ0) is 12.3. The molecule has 1 heterocycles. The van der Waals surface area contributed by atoms with E-state index in [1.165, 1.54) is 0 Å². The van der Waals surface area contributed by atoms with Crippen LogP contribution >= 0.6 is 0 Å². The molecule has 0 amide bonds. The Bertz CT molecular complexity index is 377. The lowest BCUT2D eigenvalue weighted by atomic mass is 9.83. The van der Waals surface area contributed by atoms with E-state index in [-0.39, 0.29) is 5.41 Å². The van der Waals surface area contributed by atoms with Crippen LogP contribution in [-0.4, -0.2) is 15.6 Å². The summed E-state index contributed by atoms with van der Waals surface area (Å²) in [7, 11) is 0. The molecular weight excluding hydrogens is 200 g/mol. The monoisotopic (exact) mass is 222 g/mol. The van der Waals surface area contributed by atoms with Gasteiger partial charge in [0.1, 0.15) is 5.78 Å². The first-order valence-electron chi connectivity index (χ1n) is 5.97. The van der Waals surface area contributed by atoms with Crippen molar-refractivity contribution in [1.82, 2.24) is 9.78 Å². The van der Waals surface area contributed by atoms with Gasteiger partial charge < -0.3 is 0 Å². The number of aromatic nitrogens is 2. The molecule has 1 aromatic rings. The van der Waals surface area contributed by atoms with Gasteiger partial charge in [0.15, 0.2) is 0 Å². The second-order valence-corrected chi connectivity index (χ2v) is 4.93. The van der Waals surface area contributed by atoms with E-state index < -0.39 is 0 Å². The van der Waals surface area contributed by atoms with Gasteiger partial charge in [-0.3, -0.25) is 9.48 Å². The fraction of sp³-hybridized carbons (Fsp3) is 0.692. The van der Waals surface area contributed by atoms with Crippen LogP contribution in [0, 0.1) is 12.3 Å². The minimum atomic E-state index is -0.225. The molecule has 0 saturated heterocycles. The SMILES string of the molecule is CCn1nc(C)cc1CC(=O)C(C)(C)CC. The summed E-state index contributed by atoms with van der Waals surface area (Å²) in [6, 6.07) is 2.01. The van der Waals surface area contributed by atoms with Crippen LogP contribution < -0.4 is 0 Å². The van der Waals surface area contributed by atoms with Gasteiger partial charge in [0.25, 0.3) is 0 Å². The van der Waals surface area contributed by atoms with E-state index in [2.05, 4.69) is 12.0 Å². The molecule has 0 bridgehead atoms. The Morgan fingerprint density at radius 1 is 1.44 bits per heavy atom. The molecule has 3 heteroatoms. The van der Waals surface area contributed by atoms with Crippen LogP contribution in [0.1, 0.15) is 45.5 Å². The third-order valence-electron chi connectivity index (χ3n) is 3.27. The van der Waals surface area contributed by atoms with Crippen molar-refractivity contribution < 1.29 is 4.79 Å². The van der Waals surface area contributed by atoms with E-state index in [4.69, 9.17) is 0 Å². The number of hydrogen-bond acceptors (Lipinski definition) is 2. The Balaban J connectivity index is 2.84. The zero-order valence-corrected chi connectivity index (χ0v) is 11.0. The summed E-state index contributed by atoms with van der Waals surface area (Å²) in [5.41, 5.74) is 1.79. The molecule has 0 aliphatic rings. The predicted octanol–water partition coefficient (Wildman–Crippen LogP) is 2.76. The van der Waals surface area contributed by atoms with E-state index in [0.717, 1.165) is 24.4 Å². The molecule has 0 aliphatic heterocycles. The Morgan fingerprint density at radius 3 is 2.56 bits per heavy atom. The van der Waals surface area contributed by atoms with E-state index >= 15 is 0 Å². The summed E-state index contributed by atoms with van der Waals surface area (Å²) in [6.45, 7) is 10.9. The highest BCUT2D eigenvalue weighted by molar-refractivity contribution is 5.85. The minimum absolute atomic E-state index is 0.225. The van der Waals surface area contributed by atoms with Crippen molar-refractivity contribution in [3.05, 3.63) is 17.5 Å². The topological polar surface area (TPSA) is 34.9 Å². The lowest BCUT2D eigenvalue weighted by Crippen LogP contribution is -2.26. The van der Waals surface area contributed by atoms with Gasteiger partial charge in [-0.05, 0) is 26.3 Å². The molecule has 0 unspecified atom stereocenters. The molecule has 0 aromatic carbocycles. The molecule has 3 nitrogen and oxygen atoms in total. The Hall–Kier alpha value is -1.12. The molecule has 16 heavy (non-hydrogen) atoms. The quantitative estimate of drug-likeness (QED) is 0.767. The molecule has 0 spiro atoms. The van der Waals surface area contributed by atoms with Crippen LogP contribution in [0.4, 0.5) is 0 Å². The van der Waals surface area contributed by atoms with Crippen LogP contribution in [0.2, 0.25) is 0 Å². The van der Waals surface area contributed by atoms with E-state index in [1.807, 2.05) is 38.4 Å². The average Bonchev–Trinajstić information content (AvgIpc) is 2.58. The molecule has 1 rings (SSSR count). The Labute approximate surface area is 97.8 Å². The van der Waals surface area contributed by atoms with E-state index in [0.29, 0.717) is 12.2 Å². The van der Waals surface area contributed by atoms with Crippen LogP contribution in [0.25, 0.3) is 0 Å². The Morgan fingerprint density at radius 2 is 2.06 bits per heavy atom. The van der Waals surface area contributed by atoms with E-state index in [9.17, 15) is 4.79 Å². The molecule has 0 radical (unpaired) electrons. The van der Waals surface area contributed by atoms with Crippen LogP contribution in [0.15, 0.2) is 6.07 Å². The average molecular weight is 222 g/mol. The van der Waals surface area contributed by atoms with Crippen molar-refractivity contribution in [3.8, 4) is 0 Å². The smallest absolute Gasteiger partial charge is 0.144 e. The Kier molecular flexibility index (Phi) is 3.89. The number of rotatable bonds is 5. The van der Waals surface area contributed by atoms with Gasteiger partial charge >= 0.3 is 0 Å². The van der Waals surface area contributed by atoms with Crippen molar-refractivity contribution in [1.29, 1.82) is 0 Å². The van der Waals surface area contributed by atoms with Gasteiger partial charge in [0, 0.05) is 24.1 Å². The molecule has 0 N–H and O–H groups in total. The molecular formula is C13H22N2O. The molecule has 1 aromatic heterocycles. The third kappa shape index (κ3) is 2.71. The summed E-state index contributed by atoms with van der Waals surface area (Å²) < 4.78 is 1.92. The summed E-state index contributed by atoms with van der Waals surface area (Å²) in [5, 5.41) is 4.35. The summed E-state index contributed by atoms with van der Waals surface area (Å²) in [5.74, 6) is 0.296. The number of Topliss-reactive ketones (excluding diaryl/α,β-unsaturated/α-hetero) is 1. The maximum absolute atomic E-state index is 12.1. The van der Waals surface area contributed by atoms with Gasteiger partial charge in [-0.1, -0.05) is 20.8 Å². The van der Waals surface area contributed by atoms with Gasteiger partial charge in [0.2, 0.25) is 0 Å². The fourth-order valence-electron chi connectivity index (χ4n) is 1.62. The first kappa shape index (κ1) is 12.9. The maximum atomic E-state index is 12.1. The van der Waals surface area contributed by atoms with Crippen molar-refractivity contribution >= 4 is 5.78 Å². The molecule has 0 aliphatic carbocycles. The third-order valence-corrected chi connectivity index (χ3v) is 3.27. The standard InChI is InChI=1S/C13H22N2O/c1-6-13(4,5)12(16)9-11-8-10(3)14-15(11)7-2/h8H,6-7,9H2,1-5H3. The number of aryl methyl sites for hydroxylation is 2. The zero-order valence-electron chi connectivity index (χ0n) is 11.0. The number of ketones is 1. The van der Waals surface area contributed by atoms with E-state index in [1.54, 1.807) is 0 Å². The van der Waals surface area contributed by atoms with Crippen molar-refractivity contribution in [2.75, 3.05) is 0 Å². The largest absolute Gasteiger partial charge is 0.299 e. The highest BCUT2D eigenvalue weighted by Gasteiger charge is 2.26. The first-order valence-corrected chi connectivity index (χ1v) is 5.97. The lowest BCUT2D eigenvalue weighted by molar-refractivity contribution is -0.126.